The number of hydrogen-bond donors (Lipinski definition) is 0. The Morgan fingerprint density at radius 1 is 0.966 bits per heavy atom. The van der Waals surface area contributed by atoms with Crippen molar-refractivity contribution in [2.24, 2.45) is 5.92 Å². The normalized spacial score (nSPS) is 26.8. The number of alkyl halides is 1. The van der Waals surface area contributed by atoms with Gasteiger partial charge in [-0.25, -0.2) is 0 Å². The first kappa shape index (κ1) is 22.0. The third-order valence-corrected chi connectivity index (χ3v) is 5.68. The molecular weight excluding hydrogens is 436 g/mol. The number of hydrogen-bond acceptors (Lipinski definition) is 5. The molecule has 0 radical (unpaired) electrons. The van der Waals surface area contributed by atoms with Crippen molar-refractivity contribution in [3.05, 3.63) is 71.8 Å². The van der Waals surface area contributed by atoms with Crippen LogP contribution >= 0.6 is 15.9 Å². The van der Waals surface area contributed by atoms with Crippen molar-refractivity contribution in [1.29, 1.82) is 0 Å². The third-order valence-electron chi connectivity index (χ3n) is 4.95. The molecule has 6 heteroatoms. The number of halogens is 1. The van der Waals surface area contributed by atoms with Gasteiger partial charge in [0.15, 0.2) is 0 Å². The van der Waals surface area contributed by atoms with Gasteiger partial charge in [-0.2, -0.15) is 0 Å². The highest BCUT2D eigenvalue weighted by Crippen LogP contribution is 2.34. The summed E-state index contributed by atoms with van der Waals surface area (Å²) < 4.78 is 23.7. The first-order valence-corrected chi connectivity index (χ1v) is 10.7. The first-order chi connectivity index (χ1) is 14.0. The van der Waals surface area contributed by atoms with Gasteiger partial charge in [0.2, 0.25) is 0 Å². The maximum absolute atomic E-state index is 11.7. The Hall–Kier alpha value is -1.73. The molecule has 3 rings (SSSR count). The van der Waals surface area contributed by atoms with E-state index in [1.54, 1.807) is 0 Å². The molecule has 0 spiro atoms. The van der Waals surface area contributed by atoms with Gasteiger partial charge in [-0.15, -0.1) is 0 Å². The molecule has 2 aromatic carbocycles. The predicted molar refractivity (Wildman–Crippen MR) is 113 cm³/mol. The molecule has 0 saturated carbocycles. The summed E-state index contributed by atoms with van der Waals surface area (Å²) in [4.78, 5) is 11.7. The lowest BCUT2D eigenvalue weighted by Crippen LogP contribution is -2.55. The van der Waals surface area contributed by atoms with Crippen LogP contribution in [0.1, 0.15) is 25.0 Å². The molecule has 29 heavy (non-hydrogen) atoms. The molecule has 1 aliphatic rings. The summed E-state index contributed by atoms with van der Waals surface area (Å²) in [6.45, 7) is 4.69. The lowest BCUT2D eigenvalue weighted by atomic mass is 9.91. The fraction of sp³-hybridized carbons (Fsp3) is 0.435. The van der Waals surface area contributed by atoms with Gasteiger partial charge in [0, 0.05) is 12.8 Å². The van der Waals surface area contributed by atoms with Crippen molar-refractivity contribution in [2.75, 3.05) is 6.61 Å². The van der Waals surface area contributed by atoms with Crippen LogP contribution in [0, 0.1) is 5.92 Å². The van der Waals surface area contributed by atoms with Crippen LogP contribution in [0.4, 0.5) is 0 Å². The van der Waals surface area contributed by atoms with Gasteiger partial charge in [-0.05, 0) is 11.1 Å². The first-order valence-electron chi connectivity index (χ1n) is 9.78. The third kappa shape index (κ3) is 6.37. The van der Waals surface area contributed by atoms with Crippen LogP contribution in [0.15, 0.2) is 60.7 Å². The van der Waals surface area contributed by atoms with Crippen molar-refractivity contribution < 1.29 is 23.7 Å². The van der Waals surface area contributed by atoms with E-state index in [0.29, 0.717) is 19.8 Å². The predicted octanol–water partition coefficient (Wildman–Crippen LogP) is 4.48. The lowest BCUT2D eigenvalue weighted by molar-refractivity contribution is -0.213. The fourth-order valence-electron chi connectivity index (χ4n) is 3.46. The second-order valence-corrected chi connectivity index (χ2v) is 8.12. The van der Waals surface area contributed by atoms with Crippen LogP contribution in [0.3, 0.4) is 0 Å². The largest absolute Gasteiger partial charge is 0.459 e. The summed E-state index contributed by atoms with van der Waals surface area (Å²) in [5.74, 6) is -0.403. The molecule has 2 unspecified atom stereocenters. The van der Waals surface area contributed by atoms with Crippen LogP contribution in [-0.2, 0) is 37.0 Å². The maximum atomic E-state index is 11.7. The van der Waals surface area contributed by atoms with Gasteiger partial charge >= 0.3 is 5.97 Å². The van der Waals surface area contributed by atoms with Crippen LogP contribution in [0.25, 0.3) is 0 Å². The number of carbonyl (C=O) groups excluding carboxylic acids is 1. The van der Waals surface area contributed by atoms with E-state index in [1.807, 2.05) is 67.6 Å². The van der Waals surface area contributed by atoms with Gasteiger partial charge in [-0.3, -0.25) is 4.79 Å². The Morgan fingerprint density at radius 3 is 2.14 bits per heavy atom. The maximum Gasteiger partial charge on any atom is 0.303 e. The van der Waals surface area contributed by atoms with Gasteiger partial charge < -0.3 is 18.9 Å². The number of benzene rings is 2. The molecule has 1 saturated heterocycles. The molecule has 5 nitrogen and oxygen atoms in total. The summed E-state index contributed by atoms with van der Waals surface area (Å²) in [6.07, 6.45) is -1.08. The highest BCUT2D eigenvalue weighted by Gasteiger charge is 2.45. The van der Waals surface area contributed by atoms with E-state index >= 15 is 0 Å². The molecule has 1 fully saturated rings. The van der Waals surface area contributed by atoms with Gasteiger partial charge in [0.25, 0.3) is 0 Å². The molecule has 1 aliphatic heterocycles. The van der Waals surface area contributed by atoms with Crippen molar-refractivity contribution in [3.8, 4) is 0 Å². The van der Waals surface area contributed by atoms with E-state index in [9.17, 15) is 4.79 Å². The van der Waals surface area contributed by atoms with Gasteiger partial charge in [-0.1, -0.05) is 83.5 Å². The minimum Gasteiger partial charge on any atom is -0.459 e. The number of carbonyl (C=O) groups is 1. The van der Waals surface area contributed by atoms with E-state index in [0.717, 1.165) is 11.1 Å². The van der Waals surface area contributed by atoms with Crippen molar-refractivity contribution >= 4 is 21.9 Å². The Labute approximate surface area is 180 Å². The Morgan fingerprint density at radius 2 is 1.55 bits per heavy atom. The standard InChI is InChI=1S/C23H27BrO5/c1-16-21(28-17(2)25)20(15-26-13-18-9-5-3-6-10-18)29-23(24)22(16)27-14-19-11-7-4-8-12-19/h3-12,16,20-23H,13-15H2,1-2H3/t16-,20?,21+,22?,23-/m0/s1. The average Bonchev–Trinajstić information content (AvgIpc) is 2.72. The molecule has 0 bridgehead atoms. The van der Waals surface area contributed by atoms with Crippen molar-refractivity contribution in [2.45, 2.75) is 50.4 Å². The lowest BCUT2D eigenvalue weighted by Gasteiger charge is -2.43. The van der Waals surface area contributed by atoms with Crippen molar-refractivity contribution in [3.63, 3.8) is 0 Å². The van der Waals surface area contributed by atoms with E-state index < -0.39 is 6.10 Å². The highest BCUT2D eigenvalue weighted by atomic mass is 79.9. The second-order valence-electron chi connectivity index (χ2n) is 7.22. The van der Waals surface area contributed by atoms with E-state index in [4.69, 9.17) is 18.9 Å². The van der Waals surface area contributed by atoms with Crippen LogP contribution in [0.2, 0.25) is 0 Å². The smallest absolute Gasteiger partial charge is 0.303 e. The Balaban J connectivity index is 1.61. The number of esters is 1. The summed E-state index contributed by atoms with van der Waals surface area (Å²) in [6, 6.07) is 19.9. The average molecular weight is 463 g/mol. The van der Waals surface area contributed by atoms with Gasteiger partial charge in [0.1, 0.15) is 23.3 Å². The zero-order valence-electron chi connectivity index (χ0n) is 16.7. The summed E-state index contributed by atoms with van der Waals surface area (Å²) in [5.41, 5.74) is 2.16. The van der Waals surface area contributed by atoms with E-state index in [-0.39, 0.29) is 29.1 Å². The second kappa shape index (κ2) is 10.9. The molecule has 0 aliphatic carbocycles. The monoisotopic (exact) mass is 462 g/mol. The molecule has 2 aromatic rings. The molecule has 5 atom stereocenters. The summed E-state index contributed by atoms with van der Waals surface area (Å²) in [7, 11) is 0. The minimum absolute atomic E-state index is 0.0638. The molecular formula is C23H27BrO5. The van der Waals surface area contributed by atoms with E-state index in [2.05, 4.69) is 15.9 Å². The molecule has 0 N–H and O–H groups in total. The van der Waals surface area contributed by atoms with Crippen molar-refractivity contribution in [1.82, 2.24) is 0 Å². The number of rotatable bonds is 8. The van der Waals surface area contributed by atoms with Crippen LogP contribution in [0.5, 0.6) is 0 Å². The minimum atomic E-state index is -0.446. The summed E-state index contributed by atoms with van der Waals surface area (Å²) >= 11 is 3.60. The molecule has 0 aromatic heterocycles. The molecule has 1 heterocycles. The van der Waals surface area contributed by atoms with E-state index in [1.165, 1.54) is 6.92 Å². The zero-order chi connectivity index (χ0) is 20.6. The Bertz CT molecular complexity index is 752. The molecule has 156 valence electrons. The van der Waals surface area contributed by atoms with Crippen LogP contribution < -0.4 is 0 Å². The highest BCUT2D eigenvalue weighted by molar-refractivity contribution is 9.09. The topological polar surface area (TPSA) is 54.0 Å². The van der Waals surface area contributed by atoms with Crippen LogP contribution in [-0.4, -0.2) is 35.9 Å². The summed E-state index contributed by atoms with van der Waals surface area (Å²) in [5, 5.41) is -0.321. The molecule has 0 amide bonds. The quantitative estimate of drug-likeness (QED) is 0.427. The Kier molecular flexibility index (Phi) is 8.24. The fourth-order valence-corrected chi connectivity index (χ4v) is 4.37. The zero-order valence-corrected chi connectivity index (χ0v) is 18.3. The van der Waals surface area contributed by atoms with Gasteiger partial charge in [0.05, 0.1) is 19.8 Å². The number of ether oxygens (including phenoxy) is 4. The SMILES string of the molecule is CC(=O)O[C@H]1C(COCc2ccccc2)O[C@H](Br)C(OCc2ccccc2)[C@H]1C.